The summed E-state index contributed by atoms with van der Waals surface area (Å²) in [4.78, 5) is 25.3. The molecule has 1 N–H and O–H groups in total. The number of para-hydroxylation sites is 3. The largest absolute Gasteiger partial charge is 0.366 e. The number of piperidine rings is 1. The van der Waals surface area contributed by atoms with Crippen LogP contribution in [0.25, 0.3) is 0 Å². The highest BCUT2D eigenvalue weighted by atomic mass is 16.6. The van der Waals surface area contributed by atoms with Crippen molar-refractivity contribution in [2.24, 2.45) is 5.92 Å². The maximum atomic E-state index is 12.5. The number of nitro groups is 1. The lowest BCUT2D eigenvalue weighted by atomic mass is 9.95. The Bertz CT molecular complexity index is 783. The topological polar surface area (TPSA) is 75.5 Å². The van der Waals surface area contributed by atoms with E-state index in [0.29, 0.717) is 31.6 Å². The molecule has 3 rings (SSSR count). The second-order valence-corrected chi connectivity index (χ2v) is 6.31. The first-order valence-electron chi connectivity index (χ1n) is 8.41. The number of hydrogen-bond donors (Lipinski definition) is 1. The molecule has 0 radical (unpaired) electrons. The molecule has 1 heterocycles. The van der Waals surface area contributed by atoms with Crippen LogP contribution in [0, 0.1) is 23.0 Å². The lowest BCUT2D eigenvalue weighted by molar-refractivity contribution is -0.384. The summed E-state index contributed by atoms with van der Waals surface area (Å²) in [6.45, 7) is 3.24. The average Bonchev–Trinajstić information content (AvgIpc) is 2.63. The molecule has 1 aliphatic rings. The van der Waals surface area contributed by atoms with Gasteiger partial charge in [0.05, 0.1) is 4.92 Å². The standard InChI is InChI=1S/C19H21N3O3/c1-14-6-2-3-7-16(14)20-19(23)15-10-12-21(13-11-15)17-8-4-5-9-18(17)22(24)25/h2-9,15H,10-13H2,1H3,(H,20,23). The first-order chi connectivity index (χ1) is 12.1. The van der Waals surface area contributed by atoms with Crippen molar-refractivity contribution in [3.8, 4) is 0 Å². The summed E-state index contributed by atoms with van der Waals surface area (Å²) in [6.07, 6.45) is 1.37. The van der Waals surface area contributed by atoms with Gasteiger partial charge in [-0.3, -0.25) is 14.9 Å². The monoisotopic (exact) mass is 339 g/mol. The number of aryl methyl sites for hydroxylation is 1. The van der Waals surface area contributed by atoms with Crippen molar-refractivity contribution in [2.45, 2.75) is 19.8 Å². The Morgan fingerprint density at radius 2 is 1.76 bits per heavy atom. The van der Waals surface area contributed by atoms with E-state index in [1.54, 1.807) is 18.2 Å². The minimum absolute atomic E-state index is 0.0245. The summed E-state index contributed by atoms with van der Waals surface area (Å²) in [5.41, 5.74) is 2.62. The molecule has 0 unspecified atom stereocenters. The van der Waals surface area contributed by atoms with Gasteiger partial charge in [-0.05, 0) is 37.5 Å². The Hall–Kier alpha value is -2.89. The average molecular weight is 339 g/mol. The molecule has 0 saturated carbocycles. The highest BCUT2D eigenvalue weighted by Gasteiger charge is 2.28. The maximum Gasteiger partial charge on any atom is 0.292 e. The number of nitrogens with one attached hydrogen (secondary N) is 1. The van der Waals surface area contributed by atoms with Crippen molar-refractivity contribution in [1.82, 2.24) is 0 Å². The zero-order valence-electron chi connectivity index (χ0n) is 14.1. The SMILES string of the molecule is Cc1ccccc1NC(=O)C1CCN(c2ccccc2[N+](=O)[O-])CC1. The Morgan fingerprint density at radius 1 is 1.12 bits per heavy atom. The molecule has 25 heavy (non-hydrogen) atoms. The van der Waals surface area contributed by atoms with Gasteiger partial charge in [-0.1, -0.05) is 30.3 Å². The van der Waals surface area contributed by atoms with E-state index >= 15 is 0 Å². The van der Waals surface area contributed by atoms with Gasteiger partial charge in [0.2, 0.25) is 5.91 Å². The van der Waals surface area contributed by atoms with Crippen molar-refractivity contribution >= 4 is 23.0 Å². The van der Waals surface area contributed by atoms with Gasteiger partial charge in [0, 0.05) is 30.8 Å². The van der Waals surface area contributed by atoms with E-state index in [1.165, 1.54) is 6.07 Å². The van der Waals surface area contributed by atoms with E-state index in [2.05, 4.69) is 5.32 Å². The van der Waals surface area contributed by atoms with E-state index in [-0.39, 0.29) is 22.4 Å². The fourth-order valence-electron chi connectivity index (χ4n) is 3.22. The van der Waals surface area contributed by atoms with Gasteiger partial charge in [0.15, 0.2) is 0 Å². The summed E-state index contributed by atoms with van der Waals surface area (Å²) in [7, 11) is 0. The maximum absolute atomic E-state index is 12.5. The van der Waals surface area contributed by atoms with Crippen LogP contribution in [-0.2, 0) is 4.79 Å². The minimum atomic E-state index is -0.355. The van der Waals surface area contributed by atoms with Crippen LogP contribution in [0.1, 0.15) is 18.4 Å². The van der Waals surface area contributed by atoms with Crippen LogP contribution in [-0.4, -0.2) is 23.9 Å². The van der Waals surface area contributed by atoms with Gasteiger partial charge >= 0.3 is 0 Å². The summed E-state index contributed by atoms with van der Waals surface area (Å²) >= 11 is 0. The second kappa shape index (κ2) is 7.34. The molecule has 1 aliphatic heterocycles. The highest BCUT2D eigenvalue weighted by Crippen LogP contribution is 2.31. The van der Waals surface area contributed by atoms with E-state index in [4.69, 9.17) is 0 Å². The summed E-state index contributed by atoms with van der Waals surface area (Å²) in [5, 5.41) is 14.2. The van der Waals surface area contributed by atoms with Gasteiger partial charge in [-0.25, -0.2) is 0 Å². The van der Waals surface area contributed by atoms with E-state index in [9.17, 15) is 14.9 Å². The third-order valence-corrected chi connectivity index (χ3v) is 4.69. The van der Waals surface area contributed by atoms with Crippen LogP contribution in [0.3, 0.4) is 0 Å². The first kappa shape index (κ1) is 17.0. The fourth-order valence-corrected chi connectivity index (χ4v) is 3.22. The Morgan fingerprint density at radius 3 is 2.44 bits per heavy atom. The predicted molar refractivity (Wildman–Crippen MR) is 97.8 cm³/mol. The van der Waals surface area contributed by atoms with Gasteiger partial charge in [0.25, 0.3) is 5.69 Å². The van der Waals surface area contributed by atoms with Crippen LogP contribution >= 0.6 is 0 Å². The van der Waals surface area contributed by atoms with Gasteiger partial charge in [-0.2, -0.15) is 0 Å². The quantitative estimate of drug-likeness (QED) is 0.680. The van der Waals surface area contributed by atoms with E-state index in [0.717, 1.165) is 11.3 Å². The zero-order chi connectivity index (χ0) is 17.8. The summed E-state index contributed by atoms with van der Waals surface area (Å²) in [5.74, 6) is -0.0462. The fraction of sp³-hybridized carbons (Fsp3) is 0.316. The van der Waals surface area contributed by atoms with E-state index in [1.807, 2.05) is 36.1 Å². The molecular weight excluding hydrogens is 318 g/mol. The van der Waals surface area contributed by atoms with Crippen molar-refractivity contribution in [3.63, 3.8) is 0 Å². The lowest BCUT2D eigenvalue weighted by Gasteiger charge is -2.32. The predicted octanol–water partition coefficient (Wildman–Crippen LogP) is 3.76. The number of carbonyl (C=O) groups excluding carboxylic acids is 1. The van der Waals surface area contributed by atoms with Crippen molar-refractivity contribution < 1.29 is 9.72 Å². The third-order valence-electron chi connectivity index (χ3n) is 4.69. The number of amides is 1. The zero-order valence-corrected chi connectivity index (χ0v) is 14.1. The second-order valence-electron chi connectivity index (χ2n) is 6.31. The number of nitrogens with zero attached hydrogens (tertiary/aromatic N) is 2. The molecular formula is C19H21N3O3. The minimum Gasteiger partial charge on any atom is -0.366 e. The van der Waals surface area contributed by atoms with E-state index < -0.39 is 0 Å². The normalized spacial score (nSPS) is 15.0. The molecule has 2 aromatic carbocycles. The first-order valence-corrected chi connectivity index (χ1v) is 8.41. The number of nitro benzene ring substituents is 1. The van der Waals surface area contributed by atoms with Crippen molar-refractivity contribution in [1.29, 1.82) is 0 Å². The van der Waals surface area contributed by atoms with Crippen molar-refractivity contribution in [2.75, 3.05) is 23.3 Å². The summed E-state index contributed by atoms with van der Waals surface area (Å²) in [6, 6.07) is 14.5. The molecule has 6 nitrogen and oxygen atoms in total. The van der Waals surface area contributed by atoms with Crippen LogP contribution in [0.2, 0.25) is 0 Å². The Labute approximate surface area is 146 Å². The van der Waals surface area contributed by atoms with Gasteiger partial charge in [0.1, 0.15) is 5.69 Å². The van der Waals surface area contributed by atoms with Crippen LogP contribution < -0.4 is 10.2 Å². The smallest absolute Gasteiger partial charge is 0.292 e. The molecule has 0 atom stereocenters. The van der Waals surface area contributed by atoms with Crippen LogP contribution in [0.15, 0.2) is 48.5 Å². The molecule has 1 fully saturated rings. The highest BCUT2D eigenvalue weighted by molar-refractivity contribution is 5.93. The number of carbonyl (C=O) groups is 1. The lowest BCUT2D eigenvalue weighted by Crippen LogP contribution is -2.38. The number of hydrogen-bond acceptors (Lipinski definition) is 4. The molecule has 0 bridgehead atoms. The summed E-state index contributed by atoms with van der Waals surface area (Å²) < 4.78 is 0. The molecule has 6 heteroatoms. The molecule has 0 aromatic heterocycles. The molecule has 0 spiro atoms. The molecule has 1 amide bonds. The van der Waals surface area contributed by atoms with Gasteiger partial charge < -0.3 is 10.2 Å². The third kappa shape index (κ3) is 3.79. The number of rotatable bonds is 4. The number of benzene rings is 2. The van der Waals surface area contributed by atoms with Crippen LogP contribution in [0.5, 0.6) is 0 Å². The molecule has 130 valence electrons. The molecule has 0 aliphatic carbocycles. The van der Waals surface area contributed by atoms with Crippen LogP contribution in [0.4, 0.5) is 17.1 Å². The molecule has 2 aromatic rings. The Balaban J connectivity index is 1.63. The van der Waals surface area contributed by atoms with Crippen molar-refractivity contribution in [3.05, 3.63) is 64.2 Å². The molecule has 1 saturated heterocycles. The number of anilines is 2. The Kier molecular flexibility index (Phi) is 4.97. The van der Waals surface area contributed by atoms with Gasteiger partial charge in [-0.15, -0.1) is 0 Å².